The van der Waals surface area contributed by atoms with Crippen LogP contribution in [0.2, 0.25) is 0 Å². The number of carbonyl (C=O) groups is 3. The molecule has 1 heterocycles. The Morgan fingerprint density at radius 2 is 1.00 bits per heavy atom. The predicted molar refractivity (Wildman–Crippen MR) is 186 cm³/mol. The minimum Gasteiger partial charge on any atom is -0.466 e. The molecule has 43 heavy (non-hydrogen) atoms. The second-order valence-electron chi connectivity index (χ2n) is 5.61. The number of esters is 3. The van der Waals surface area contributed by atoms with Crippen LogP contribution in [0.5, 0.6) is 0 Å². The van der Waals surface area contributed by atoms with Crippen LogP contribution in [-0.2, 0) is 94.0 Å². The molecular weight excluding hydrogens is 710 g/mol. The molecule has 0 aromatic rings. The molecule has 0 amide bonds. The quantitative estimate of drug-likeness (QED) is 0.0971. The van der Waals surface area contributed by atoms with Gasteiger partial charge in [-0.05, 0) is 32.1 Å². The summed E-state index contributed by atoms with van der Waals surface area (Å²) < 4.78 is 14.0. The Morgan fingerprint density at radius 3 is 1.37 bits per heavy atom. The van der Waals surface area contributed by atoms with Gasteiger partial charge in [-0.15, -0.1) is 0 Å². The number of unbranched alkanes of at least 4 members (excludes halogenated alkanes) is 2. The van der Waals surface area contributed by atoms with Crippen LogP contribution in [0.4, 0.5) is 0 Å². The minimum absolute atomic E-state index is 0. The zero-order valence-electron chi connectivity index (χ0n) is 17.5. The summed E-state index contributed by atoms with van der Waals surface area (Å²) in [6.07, 6.45) is 6.27. The van der Waals surface area contributed by atoms with E-state index in [0.29, 0.717) is 32.3 Å². The van der Waals surface area contributed by atoms with E-state index in [1.165, 1.54) is 0 Å². The summed E-state index contributed by atoms with van der Waals surface area (Å²) in [7, 11) is 0. The Kier molecular flexibility index (Phi) is 252. The van der Waals surface area contributed by atoms with Gasteiger partial charge in [0.25, 0.3) is 0 Å². The Balaban J connectivity index is -0.0000000149. The van der Waals surface area contributed by atoms with E-state index in [4.69, 9.17) is 29.9 Å². The first-order chi connectivity index (χ1) is 13.5. The molecule has 0 bridgehead atoms. The fourth-order valence-electron chi connectivity index (χ4n) is 1.79. The van der Waals surface area contributed by atoms with Crippen molar-refractivity contribution in [3.05, 3.63) is 0 Å². The Labute approximate surface area is 324 Å². The summed E-state index contributed by atoms with van der Waals surface area (Å²) in [6.45, 7) is -0.188. The van der Waals surface area contributed by atoms with E-state index >= 15 is 0 Å². The SMILES string of the molecule is C.C.C.C.C.C.C.C.C.C.C.C.C.O=C(CO)OCCOC(=O)CCCCCO.O=C1CCCCCO1.OCCO.[Y].[Y]. The van der Waals surface area contributed by atoms with Crippen LogP contribution < -0.4 is 0 Å². The van der Waals surface area contributed by atoms with Gasteiger partial charge in [0.2, 0.25) is 0 Å². The second kappa shape index (κ2) is 96.8. The summed E-state index contributed by atoms with van der Waals surface area (Å²) in [5.41, 5.74) is 0. The summed E-state index contributed by atoms with van der Waals surface area (Å²) in [5.74, 6) is -1.11. The zero-order chi connectivity index (χ0) is 21.5. The van der Waals surface area contributed by atoms with Gasteiger partial charge in [-0.25, -0.2) is 4.79 Å². The maximum atomic E-state index is 11.0. The first-order valence-corrected chi connectivity index (χ1v) is 9.42. The van der Waals surface area contributed by atoms with Crippen LogP contribution in [-0.4, -0.2) is 84.6 Å². The molecule has 12 heteroatoms. The molecule has 0 atom stereocenters. The number of hydrogen-bond acceptors (Lipinski definition) is 10. The van der Waals surface area contributed by atoms with E-state index < -0.39 is 12.6 Å². The molecule has 1 aliphatic heterocycles. The van der Waals surface area contributed by atoms with E-state index in [0.717, 1.165) is 25.7 Å². The van der Waals surface area contributed by atoms with Crippen LogP contribution in [0.1, 0.15) is 148 Å². The molecule has 4 N–H and O–H groups in total. The van der Waals surface area contributed by atoms with Crippen molar-refractivity contribution < 1.29 is 114 Å². The van der Waals surface area contributed by atoms with Crippen molar-refractivity contribution in [3.8, 4) is 0 Å². The maximum absolute atomic E-state index is 11.0. The summed E-state index contributed by atoms with van der Waals surface area (Å²) >= 11 is 0. The van der Waals surface area contributed by atoms with Gasteiger partial charge >= 0.3 is 17.9 Å². The third-order valence-corrected chi connectivity index (χ3v) is 3.17. The van der Waals surface area contributed by atoms with Gasteiger partial charge in [-0.2, -0.15) is 0 Å². The Bertz CT molecular complexity index is 393. The molecule has 0 aromatic heterocycles. The van der Waals surface area contributed by atoms with Gasteiger partial charge in [0.15, 0.2) is 0 Å². The van der Waals surface area contributed by atoms with Crippen LogP contribution >= 0.6 is 0 Å². The smallest absolute Gasteiger partial charge is 0.331 e. The molecular formula is C31H86O10Y2. The van der Waals surface area contributed by atoms with Crippen molar-refractivity contribution in [2.75, 3.05) is 46.2 Å². The second-order valence-corrected chi connectivity index (χ2v) is 5.61. The van der Waals surface area contributed by atoms with Crippen molar-refractivity contribution >= 4 is 17.9 Å². The average molecular weight is 797 g/mol. The zero-order valence-corrected chi connectivity index (χ0v) is 23.2. The van der Waals surface area contributed by atoms with E-state index in [-0.39, 0.29) is 207 Å². The molecule has 0 unspecified atom stereocenters. The molecule has 0 aliphatic carbocycles. The van der Waals surface area contributed by atoms with Crippen molar-refractivity contribution in [2.45, 2.75) is 148 Å². The molecule has 1 fully saturated rings. The number of rotatable bonds is 10. The van der Waals surface area contributed by atoms with Crippen molar-refractivity contribution in [1.82, 2.24) is 0 Å². The standard InChI is InChI=1S/C10H18O6.C6H10O2.C2H6O2.13CH4.2Y/c11-5-3-1-2-4-9(13)15-6-7-16-10(14)8-12;7-6-4-2-1-3-5-8-6;3-1-2-4;;;;;;;;;;;;;;;/h11-12H,1-8H2;1-5H2;3-4H,1-2H2;13*1H4;;. The van der Waals surface area contributed by atoms with Crippen molar-refractivity contribution in [2.24, 2.45) is 0 Å². The normalized spacial score (nSPS) is 8.42. The van der Waals surface area contributed by atoms with Crippen molar-refractivity contribution in [3.63, 3.8) is 0 Å². The van der Waals surface area contributed by atoms with Crippen molar-refractivity contribution in [1.29, 1.82) is 0 Å². The predicted octanol–water partition coefficient (Wildman–Crippen LogP) is 7.96. The van der Waals surface area contributed by atoms with Gasteiger partial charge in [-0.1, -0.05) is 103 Å². The Morgan fingerprint density at radius 1 is 0.581 bits per heavy atom. The number of cyclic esters (lactones) is 1. The molecule has 1 saturated heterocycles. The van der Waals surface area contributed by atoms with E-state index in [2.05, 4.69) is 4.74 Å². The fourth-order valence-corrected chi connectivity index (χ4v) is 1.79. The number of carbonyl (C=O) groups excluding carboxylic acids is 3. The summed E-state index contributed by atoms with van der Waals surface area (Å²) in [6, 6.07) is 0. The fraction of sp³-hybridized carbons (Fsp3) is 0.903. The number of aliphatic hydroxyl groups is 4. The molecule has 276 valence electrons. The minimum atomic E-state index is -0.737. The monoisotopic (exact) mass is 796 g/mol. The summed E-state index contributed by atoms with van der Waals surface area (Å²) in [4.78, 5) is 32.0. The number of ether oxygens (including phenoxy) is 3. The van der Waals surface area contributed by atoms with Gasteiger partial charge in [-0.3, -0.25) is 9.59 Å². The van der Waals surface area contributed by atoms with E-state index in [1.54, 1.807) is 0 Å². The van der Waals surface area contributed by atoms with E-state index in [9.17, 15) is 14.4 Å². The first-order valence-electron chi connectivity index (χ1n) is 9.42. The van der Waals surface area contributed by atoms with E-state index in [1.807, 2.05) is 0 Å². The first kappa shape index (κ1) is 112. The van der Waals surface area contributed by atoms with Crippen LogP contribution in [0, 0.1) is 0 Å². The topological polar surface area (TPSA) is 160 Å². The molecule has 1 aliphatic rings. The molecule has 1 rings (SSSR count). The molecule has 0 spiro atoms. The summed E-state index contributed by atoms with van der Waals surface area (Å²) in [5, 5.41) is 32.1. The average Bonchev–Trinajstić information content (AvgIpc) is 2.96. The number of aliphatic hydroxyl groups excluding tert-OH is 4. The molecule has 0 aromatic carbocycles. The maximum Gasteiger partial charge on any atom is 0.331 e. The largest absolute Gasteiger partial charge is 0.466 e. The third kappa shape index (κ3) is 107. The van der Waals surface area contributed by atoms with Gasteiger partial charge in [0.1, 0.15) is 19.8 Å². The number of hydrogen-bond donors (Lipinski definition) is 4. The third-order valence-electron chi connectivity index (χ3n) is 3.17. The van der Waals surface area contributed by atoms with Crippen LogP contribution in [0.3, 0.4) is 0 Å². The van der Waals surface area contributed by atoms with Gasteiger partial charge in [0, 0.05) is 84.9 Å². The van der Waals surface area contributed by atoms with Gasteiger partial charge < -0.3 is 34.6 Å². The van der Waals surface area contributed by atoms with Crippen LogP contribution in [0.15, 0.2) is 0 Å². The molecule has 2 radical (unpaired) electrons. The van der Waals surface area contributed by atoms with Crippen LogP contribution in [0.25, 0.3) is 0 Å². The van der Waals surface area contributed by atoms with Gasteiger partial charge in [0.05, 0.1) is 19.8 Å². The Hall–Kier alpha value is 0.458. The molecule has 10 nitrogen and oxygen atoms in total. The molecule has 0 saturated carbocycles.